The van der Waals surface area contributed by atoms with Crippen molar-refractivity contribution in [3.05, 3.63) is 28.8 Å². The van der Waals surface area contributed by atoms with Crippen molar-refractivity contribution in [2.75, 3.05) is 39.3 Å². The highest BCUT2D eigenvalue weighted by Gasteiger charge is 2.30. The van der Waals surface area contributed by atoms with Crippen molar-refractivity contribution < 1.29 is 14.3 Å². The zero-order valence-electron chi connectivity index (χ0n) is 16.1. The zero-order valence-corrected chi connectivity index (χ0v) is 16.9. The second-order valence-electron chi connectivity index (χ2n) is 7.31. The van der Waals surface area contributed by atoms with Gasteiger partial charge in [-0.2, -0.15) is 0 Å². The zero-order chi connectivity index (χ0) is 19.4. The number of nitrogens with zero attached hydrogens (tertiary/aromatic N) is 3. The van der Waals surface area contributed by atoms with Crippen molar-refractivity contribution in [2.45, 2.75) is 39.2 Å². The Morgan fingerprint density at radius 3 is 2.19 bits per heavy atom. The van der Waals surface area contributed by atoms with Gasteiger partial charge in [0, 0.05) is 44.3 Å². The van der Waals surface area contributed by atoms with E-state index in [-0.39, 0.29) is 11.9 Å². The van der Waals surface area contributed by atoms with Gasteiger partial charge in [0.05, 0.1) is 0 Å². The van der Waals surface area contributed by atoms with Gasteiger partial charge in [-0.1, -0.05) is 11.6 Å². The van der Waals surface area contributed by atoms with Gasteiger partial charge in [0.25, 0.3) is 5.91 Å². The lowest BCUT2D eigenvalue weighted by molar-refractivity contribution is -0.139. The number of ether oxygens (including phenoxy) is 1. The molecule has 1 aromatic carbocycles. The van der Waals surface area contributed by atoms with Crippen molar-refractivity contribution in [1.82, 2.24) is 14.7 Å². The Hall–Kier alpha value is -1.95. The van der Waals surface area contributed by atoms with Gasteiger partial charge in [-0.15, -0.1) is 0 Å². The summed E-state index contributed by atoms with van der Waals surface area (Å²) in [7, 11) is 0. The molecule has 1 aromatic rings. The van der Waals surface area contributed by atoms with Crippen molar-refractivity contribution in [1.29, 1.82) is 0 Å². The van der Waals surface area contributed by atoms with Crippen LogP contribution < -0.4 is 4.74 Å². The van der Waals surface area contributed by atoms with E-state index in [2.05, 4.69) is 0 Å². The van der Waals surface area contributed by atoms with Crippen LogP contribution in [0.5, 0.6) is 5.75 Å². The summed E-state index contributed by atoms with van der Waals surface area (Å²) in [5.74, 6) is 0.619. The Bertz CT molecular complexity index is 683. The normalized spacial score (nSPS) is 19.0. The molecular formula is C20H28ClN3O3. The maximum atomic E-state index is 12.7. The van der Waals surface area contributed by atoms with E-state index in [0.717, 1.165) is 31.5 Å². The maximum Gasteiger partial charge on any atom is 0.320 e. The number of benzene rings is 1. The lowest BCUT2D eigenvalue weighted by atomic mass is 10.1. The first-order chi connectivity index (χ1) is 13.0. The van der Waals surface area contributed by atoms with Crippen LogP contribution in [0.4, 0.5) is 4.79 Å². The molecule has 2 aliphatic heterocycles. The average molecular weight is 394 g/mol. The highest BCUT2D eigenvalue weighted by atomic mass is 35.5. The molecular weight excluding hydrogens is 366 g/mol. The standard InChI is InChI=1S/C20H28ClN3O3/c1-15-14-17(21)6-7-18(15)27-16(2)19(25)22-10-12-24(13-11-22)20(26)23-8-4-3-5-9-23/h6-7,14,16H,3-5,8-13H2,1-2H3/t16-/m0/s1. The van der Waals surface area contributed by atoms with Crippen LogP contribution in [0.3, 0.4) is 0 Å². The van der Waals surface area contributed by atoms with Crippen LogP contribution in [-0.2, 0) is 4.79 Å². The van der Waals surface area contributed by atoms with E-state index in [9.17, 15) is 9.59 Å². The van der Waals surface area contributed by atoms with Crippen LogP contribution in [0.1, 0.15) is 31.7 Å². The first kappa shape index (κ1) is 19.8. The number of rotatable bonds is 3. The molecule has 148 valence electrons. The molecule has 2 fully saturated rings. The maximum absolute atomic E-state index is 12.7. The molecule has 0 saturated carbocycles. The van der Waals surface area contributed by atoms with Crippen molar-refractivity contribution >= 4 is 23.5 Å². The van der Waals surface area contributed by atoms with Gasteiger partial charge in [0.15, 0.2) is 6.10 Å². The fraction of sp³-hybridized carbons (Fsp3) is 0.600. The third-order valence-corrected chi connectivity index (χ3v) is 5.51. The molecule has 3 amide bonds. The van der Waals surface area contributed by atoms with Gasteiger partial charge < -0.3 is 19.4 Å². The molecule has 0 N–H and O–H groups in total. The summed E-state index contributed by atoms with van der Waals surface area (Å²) in [4.78, 5) is 30.9. The second-order valence-corrected chi connectivity index (χ2v) is 7.75. The second kappa shape index (κ2) is 8.83. The Labute approximate surface area is 166 Å². The van der Waals surface area contributed by atoms with Gasteiger partial charge in [-0.3, -0.25) is 4.79 Å². The van der Waals surface area contributed by atoms with Crippen LogP contribution in [0.2, 0.25) is 5.02 Å². The lowest BCUT2D eigenvalue weighted by Crippen LogP contribution is -2.56. The molecule has 0 radical (unpaired) electrons. The molecule has 0 bridgehead atoms. The number of halogens is 1. The molecule has 7 heteroatoms. The van der Waals surface area contributed by atoms with E-state index in [4.69, 9.17) is 16.3 Å². The molecule has 0 spiro atoms. The quantitative estimate of drug-likeness (QED) is 0.792. The molecule has 27 heavy (non-hydrogen) atoms. The number of likely N-dealkylation sites (tertiary alicyclic amines) is 1. The monoisotopic (exact) mass is 393 g/mol. The minimum atomic E-state index is -0.575. The highest BCUT2D eigenvalue weighted by molar-refractivity contribution is 6.30. The van der Waals surface area contributed by atoms with Crippen LogP contribution in [0.15, 0.2) is 18.2 Å². The lowest BCUT2D eigenvalue weighted by Gasteiger charge is -2.39. The number of hydrogen-bond donors (Lipinski definition) is 0. The molecule has 0 aromatic heterocycles. The Balaban J connectivity index is 1.50. The number of piperidine rings is 1. The summed E-state index contributed by atoms with van der Waals surface area (Å²) in [6, 6.07) is 5.48. The van der Waals surface area contributed by atoms with Gasteiger partial charge in [0.1, 0.15) is 5.75 Å². The number of aryl methyl sites for hydroxylation is 1. The third-order valence-electron chi connectivity index (χ3n) is 5.28. The Morgan fingerprint density at radius 2 is 1.56 bits per heavy atom. The smallest absolute Gasteiger partial charge is 0.320 e. The van der Waals surface area contributed by atoms with Crippen LogP contribution in [0.25, 0.3) is 0 Å². The van der Waals surface area contributed by atoms with Gasteiger partial charge in [-0.05, 0) is 56.9 Å². The van der Waals surface area contributed by atoms with E-state index in [1.54, 1.807) is 24.0 Å². The summed E-state index contributed by atoms with van der Waals surface area (Å²) in [5, 5.41) is 0.647. The van der Waals surface area contributed by atoms with Gasteiger partial charge in [-0.25, -0.2) is 4.79 Å². The minimum Gasteiger partial charge on any atom is -0.481 e. The first-order valence-corrected chi connectivity index (χ1v) is 10.1. The number of carbonyl (C=O) groups excluding carboxylic acids is 2. The number of amides is 3. The number of urea groups is 1. The van der Waals surface area contributed by atoms with E-state index in [1.165, 1.54) is 6.42 Å². The summed E-state index contributed by atoms with van der Waals surface area (Å²) in [5.41, 5.74) is 0.902. The van der Waals surface area contributed by atoms with Crippen LogP contribution >= 0.6 is 11.6 Å². The van der Waals surface area contributed by atoms with Crippen molar-refractivity contribution in [2.24, 2.45) is 0 Å². The first-order valence-electron chi connectivity index (χ1n) is 9.71. The predicted octanol–water partition coefficient (Wildman–Crippen LogP) is 3.17. The average Bonchev–Trinajstić information content (AvgIpc) is 2.69. The number of carbonyl (C=O) groups is 2. The fourth-order valence-electron chi connectivity index (χ4n) is 3.65. The summed E-state index contributed by atoms with van der Waals surface area (Å²) in [6.07, 6.45) is 2.80. The van der Waals surface area contributed by atoms with E-state index < -0.39 is 6.10 Å². The number of hydrogen-bond acceptors (Lipinski definition) is 3. The SMILES string of the molecule is Cc1cc(Cl)ccc1O[C@@H](C)C(=O)N1CCN(C(=O)N2CCCCC2)CC1. The fourth-order valence-corrected chi connectivity index (χ4v) is 3.87. The van der Waals surface area contributed by atoms with E-state index in [1.807, 2.05) is 22.8 Å². The van der Waals surface area contributed by atoms with Gasteiger partial charge in [0.2, 0.25) is 0 Å². The summed E-state index contributed by atoms with van der Waals surface area (Å²) in [6.45, 7) is 7.62. The molecule has 6 nitrogen and oxygen atoms in total. The molecule has 1 atom stereocenters. The predicted molar refractivity (Wildman–Crippen MR) is 105 cm³/mol. The Morgan fingerprint density at radius 1 is 0.963 bits per heavy atom. The topological polar surface area (TPSA) is 53.1 Å². The molecule has 3 rings (SSSR count). The van der Waals surface area contributed by atoms with E-state index in [0.29, 0.717) is 37.0 Å². The number of piperazine rings is 1. The molecule has 0 unspecified atom stereocenters. The van der Waals surface area contributed by atoms with Crippen LogP contribution in [-0.4, -0.2) is 72.0 Å². The summed E-state index contributed by atoms with van der Waals surface area (Å²) >= 11 is 5.97. The minimum absolute atomic E-state index is 0.0468. The molecule has 2 aliphatic rings. The van der Waals surface area contributed by atoms with E-state index >= 15 is 0 Å². The molecule has 0 aliphatic carbocycles. The van der Waals surface area contributed by atoms with Gasteiger partial charge >= 0.3 is 6.03 Å². The Kier molecular flexibility index (Phi) is 6.47. The largest absolute Gasteiger partial charge is 0.481 e. The molecule has 2 saturated heterocycles. The highest BCUT2D eigenvalue weighted by Crippen LogP contribution is 2.23. The van der Waals surface area contributed by atoms with Crippen molar-refractivity contribution in [3.63, 3.8) is 0 Å². The summed E-state index contributed by atoms with van der Waals surface area (Å²) < 4.78 is 5.85. The van der Waals surface area contributed by atoms with Crippen LogP contribution in [0, 0.1) is 6.92 Å². The molecule has 2 heterocycles. The third kappa shape index (κ3) is 4.86. The van der Waals surface area contributed by atoms with Crippen molar-refractivity contribution in [3.8, 4) is 5.75 Å².